The van der Waals surface area contributed by atoms with Crippen LogP contribution in [0.2, 0.25) is 0 Å². The number of aromatic amines is 1. The molecule has 5 nitrogen and oxygen atoms in total. The van der Waals surface area contributed by atoms with E-state index in [4.69, 9.17) is 9.72 Å². The number of hydrogen-bond donors (Lipinski definition) is 1. The van der Waals surface area contributed by atoms with Gasteiger partial charge in [0, 0.05) is 49.1 Å². The van der Waals surface area contributed by atoms with E-state index >= 15 is 0 Å². The standard InChI is InChI=1S/C21H22N4O/c1-2-11-25-15-16(23-21(25)6-1)14-24-12-8-17(9-13-24)26-20-5-3-4-19-18(20)7-10-22-19/h1-7,10-11,15,17,22H,8-9,12-14H2. The molecule has 1 aliphatic rings. The van der Waals surface area contributed by atoms with E-state index in [0.29, 0.717) is 0 Å². The minimum absolute atomic E-state index is 0.285. The van der Waals surface area contributed by atoms with E-state index < -0.39 is 0 Å². The molecule has 0 radical (unpaired) electrons. The van der Waals surface area contributed by atoms with Crippen LogP contribution in [0.1, 0.15) is 18.5 Å². The number of H-pyrrole nitrogens is 1. The summed E-state index contributed by atoms with van der Waals surface area (Å²) in [5.74, 6) is 0.988. The third kappa shape index (κ3) is 2.95. The number of piperidine rings is 1. The van der Waals surface area contributed by atoms with Crippen LogP contribution in [-0.2, 0) is 6.54 Å². The lowest BCUT2D eigenvalue weighted by Gasteiger charge is -2.31. The molecule has 0 saturated carbocycles. The molecule has 1 aromatic carbocycles. The maximum Gasteiger partial charge on any atom is 0.137 e. The van der Waals surface area contributed by atoms with Gasteiger partial charge < -0.3 is 14.1 Å². The predicted octanol–water partition coefficient (Wildman–Crippen LogP) is 3.86. The lowest BCUT2D eigenvalue weighted by molar-refractivity contribution is 0.0974. The van der Waals surface area contributed by atoms with Gasteiger partial charge in [0.2, 0.25) is 0 Å². The molecule has 0 unspecified atom stereocenters. The summed E-state index contributed by atoms with van der Waals surface area (Å²) in [6.07, 6.45) is 8.53. The van der Waals surface area contributed by atoms with Gasteiger partial charge in [0.15, 0.2) is 0 Å². The molecular formula is C21H22N4O. The molecule has 1 fully saturated rings. The maximum absolute atomic E-state index is 6.31. The van der Waals surface area contributed by atoms with Crippen LogP contribution >= 0.6 is 0 Å². The second-order valence-corrected chi connectivity index (χ2v) is 6.99. The van der Waals surface area contributed by atoms with Crippen LogP contribution in [0, 0.1) is 0 Å². The zero-order valence-electron chi connectivity index (χ0n) is 14.6. The number of likely N-dealkylation sites (tertiary alicyclic amines) is 1. The van der Waals surface area contributed by atoms with Gasteiger partial charge in [-0.1, -0.05) is 12.1 Å². The van der Waals surface area contributed by atoms with Crippen molar-refractivity contribution in [3.05, 3.63) is 66.7 Å². The molecule has 0 atom stereocenters. The van der Waals surface area contributed by atoms with Crippen LogP contribution in [0.3, 0.4) is 0 Å². The third-order valence-electron chi connectivity index (χ3n) is 5.18. The molecule has 5 rings (SSSR count). The molecule has 0 amide bonds. The van der Waals surface area contributed by atoms with Crippen molar-refractivity contribution < 1.29 is 4.74 Å². The monoisotopic (exact) mass is 346 g/mol. The lowest BCUT2D eigenvalue weighted by atomic mass is 10.1. The topological polar surface area (TPSA) is 45.6 Å². The molecular weight excluding hydrogens is 324 g/mol. The Hall–Kier alpha value is -2.79. The highest BCUT2D eigenvalue weighted by Crippen LogP contribution is 2.27. The van der Waals surface area contributed by atoms with Crippen molar-refractivity contribution in [3.8, 4) is 5.75 Å². The molecule has 132 valence electrons. The summed E-state index contributed by atoms with van der Waals surface area (Å²) in [4.78, 5) is 10.4. The second-order valence-electron chi connectivity index (χ2n) is 6.99. The Morgan fingerprint density at radius 2 is 2.00 bits per heavy atom. The molecule has 0 spiro atoms. The van der Waals surface area contributed by atoms with Crippen molar-refractivity contribution in [3.63, 3.8) is 0 Å². The molecule has 26 heavy (non-hydrogen) atoms. The van der Waals surface area contributed by atoms with Crippen molar-refractivity contribution in [1.29, 1.82) is 0 Å². The molecule has 1 aliphatic heterocycles. The highest BCUT2D eigenvalue weighted by molar-refractivity contribution is 5.85. The average molecular weight is 346 g/mol. The van der Waals surface area contributed by atoms with Crippen molar-refractivity contribution in [2.75, 3.05) is 13.1 Å². The number of nitrogens with one attached hydrogen (secondary N) is 1. The highest BCUT2D eigenvalue weighted by atomic mass is 16.5. The Morgan fingerprint density at radius 3 is 2.88 bits per heavy atom. The van der Waals surface area contributed by atoms with Crippen molar-refractivity contribution in [2.45, 2.75) is 25.5 Å². The van der Waals surface area contributed by atoms with Crippen molar-refractivity contribution >= 4 is 16.6 Å². The highest BCUT2D eigenvalue weighted by Gasteiger charge is 2.22. The van der Waals surface area contributed by atoms with E-state index in [1.807, 2.05) is 36.7 Å². The molecule has 3 aromatic heterocycles. The maximum atomic E-state index is 6.31. The smallest absolute Gasteiger partial charge is 0.137 e. The summed E-state index contributed by atoms with van der Waals surface area (Å²) in [5.41, 5.74) is 3.28. The van der Waals surface area contributed by atoms with Gasteiger partial charge in [0.1, 0.15) is 17.5 Å². The number of rotatable bonds is 4. The van der Waals surface area contributed by atoms with E-state index in [-0.39, 0.29) is 6.10 Å². The Labute approximate surface area is 152 Å². The number of aromatic nitrogens is 3. The number of nitrogens with zero attached hydrogens (tertiary/aromatic N) is 3. The molecule has 1 N–H and O–H groups in total. The van der Waals surface area contributed by atoms with Crippen LogP contribution in [0.4, 0.5) is 0 Å². The van der Waals surface area contributed by atoms with E-state index in [9.17, 15) is 0 Å². The summed E-state index contributed by atoms with van der Waals surface area (Å²) >= 11 is 0. The molecule has 4 aromatic rings. The molecule has 0 aliphatic carbocycles. The Morgan fingerprint density at radius 1 is 1.08 bits per heavy atom. The fraction of sp³-hybridized carbons (Fsp3) is 0.286. The fourth-order valence-electron chi connectivity index (χ4n) is 3.82. The van der Waals surface area contributed by atoms with E-state index in [1.54, 1.807) is 0 Å². The third-order valence-corrected chi connectivity index (χ3v) is 5.18. The Balaban J connectivity index is 1.21. The number of pyridine rings is 1. The largest absolute Gasteiger partial charge is 0.490 e. The van der Waals surface area contributed by atoms with Gasteiger partial charge in [0.25, 0.3) is 0 Å². The summed E-state index contributed by atoms with van der Waals surface area (Å²) in [7, 11) is 0. The normalized spacial score (nSPS) is 16.5. The second kappa shape index (κ2) is 6.50. The van der Waals surface area contributed by atoms with Crippen molar-refractivity contribution in [1.82, 2.24) is 19.3 Å². The molecule has 1 saturated heterocycles. The van der Waals surface area contributed by atoms with E-state index in [0.717, 1.165) is 55.1 Å². The molecule has 4 heterocycles. The first-order valence-corrected chi connectivity index (χ1v) is 9.23. The average Bonchev–Trinajstić information content (AvgIpc) is 3.30. The predicted molar refractivity (Wildman–Crippen MR) is 102 cm³/mol. The van der Waals surface area contributed by atoms with Crippen LogP contribution in [0.15, 0.2) is 61.1 Å². The van der Waals surface area contributed by atoms with Gasteiger partial charge in [-0.05, 0) is 43.2 Å². The summed E-state index contributed by atoms with van der Waals surface area (Å²) in [6, 6.07) is 14.4. The Bertz CT molecular complexity index is 994. The quantitative estimate of drug-likeness (QED) is 0.610. The summed E-state index contributed by atoms with van der Waals surface area (Å²) in [6.45, 7) is 2.99. The minimum atomic E-state index is 0.285. The van der Waals surface area contributed by atoms with Gasteiger partial charge in [-0.3, -0.25) is 4.90 Å². The van der Waals surface area contributed by atoms with Gasteiger partial charge in [0.05, 0.1) is 5.69 Å². The van der Waals surface area contributed by atoms with Gasteiger partial charge >= 0.3 is 0 Å². The zero-order valence-corrected chi connectivity index (χ0v) is 14.6. The summed E-state index contributed by atoms with van der Waals surface area (Å²) in [5, 5.41) is 1.17. The van der Waals surface area contributed by atoms with Gasteiger partial charge in [-0.15, -0.1) is 0 Å². The first-order valence-electron chi connectivity index (χ1n) is 9.23. The van der Waals surface area contributed by atoms with Gasteiger partial charge in [-0.2, -0.15) is 0 Å². The van der Waals surface area contributed by atoms with Crippen LogP contribution in [-0.4, -0.2) is 38.5 Å². The van der Waals surface area contributed by atoms with Crippen LogP contribution < -0.4 is 4.74 Å². The lowest BCUT2D eigenvalue weighted by Crippen LogP contribution is -2.37. The van der Waals surface area contributed by atoms with Crippen LogP contribution in [0.25, 0.3) is 16.6 Å². The van der Waals surface area contributed by atoms with E-state index in [1.165, 1.54) is 5.39 Å². The number of benzene rings is 1. The SMILES string of the molecule is c1cc(OC2CCN(Cc3cn4ccccc4n3)CC2)c2cc[nH]c2c1. The van der Waals surface area contributed by atoms with E-state index in [2.05, 4.69) is 38.7 Å². The van der Waals surface area contributed by atoms with Crippen molar-refractivity contribution in [2.24, 2.45) is 0 Å². The first kappa shape index (κ1) is 15.5. The number of ether oxygens (including phenoxy) is 1. The Kier molecular flexibility index (Phi) is 3.87. The zero-order chi connectivity index (χ0) is 17.3. The number of fused-ring (bicyclic) bond motifs is 2. The number of imidazole rings is 1. The first-order chi connectivity index (χ1) is 12.8. The molecule has 5 heteroatoms. The number of hydrogen-bond acceptors (Lipinski definition) is 3. The molecule has 0 bridgehead atoms. The summed E-state index contributed by atoms with van der Waals surface area (Å²) < 4.78 is 8.39. The van der Waals surface area contributed by atoms with Gasteiger partial charge in [-0.25, -0.2) is 4.98 Å². The van der Waals surface area contributed by atoms with Crippen LogP contribution in [0.5, 0.6) is 5.75 Å². The fourth-order valence-corrected chi connectivity index (χ4v) is 3.82. The minimum Gasteiger partial charge on any atom is -0.490 e.